The molecule has 0 spiro atoms. The van der Waals surface area contributed by atoms with Crippen molar-refractivity contribution in [2.24, 2.45) is 0 Å². The molecule has 2 aromatic rings. The van der Waals surface area contributed by atoms with E-state index >= 15 is 0 Å². The van der Waals surface area contributed by atoms with Gasteiger partial charge < -0.3 is 5.32 Å². The number of nitrogens with one attached hydrogen (secondary N) is 1. The van der Waals surface area contributed by atoms with Crippen molar-refractivity contribution in [1.82, 2.24) is 14.7 Å². The van der Waals surface area contributed by atoms with Gasteiger partial charge in [0, 0.05) is 17.5 Å². The Morgan fingerprint density at radius 3 is 2.94 bits per heavy atom. The summed E-state index contributed by atoms with van der Waals surface area (Å²) in [5.74, 6) is 0. The van der Waals surface area contributed by atoms with E-state index in [2.05, 4.69) is 34.6 Å². The van der Waals surface area contributed by atoms with Gasteiger partial charge in [-0.25, -0.2) is 4.98 Å². The van der Waals surface area contributed by atoms with Crippen molar-refractivity contribution in [3.05, 3.63) is 35.1 Å². The first-order chi connectivity index (χ1) is 8.66. The lowest BCUT2D eigenvalue weighted by Crippen LogP contribution is -2.22. The van der Waals surface area contributed by atoms with Crippen LogP contribution in [-0.2, 0) is 6.54 Å². The van der Waals surface area contributed by atoms with Crippen LogP contribution in [0, 0.1) is 0 Å². The molecule has 0 fully saturated rings. The first kappa shape index (κ1) is 13.8. The molecule has 18 heavy (non-hydrogen) atoms. The van der Waals surface area contributed by atoms with Gasteiger partial charge in [0.15, 0.2) is 4.34 Å². The summed E-state index contributed by atoms with van der Waals surface area (Å²) in [4.78, 5) is 5.24. The fraction of sp³-hybridized carbons (Fsp3) is 0.333. The predicted octanol–water partition coefficient (Wildman–Crippen LogP) is 3.84. The van der Waals surface area contributed by atoms with Crippen molar-refractivity contribution < 1.29 is 0 Å². The van der Waals surface area contributed by atoms with E-state index in [4.69, 9.17) is 11.6 Å². The Bertz CT molecular complexity index is 500. The zero-order valence-corrected chi connectivity index (χ0v) is 12.6. The van der Waals surface area contributed by atoms with Crippen LogP contribution in [0.15, 0.2) is 33.8 Å². The van der Waals surface area contributed by atoms with Crippen LogP contribution in [0.1, 0.15) is 19.4 Å². The molecular formula is C12H14ClN3S2. The van der Waals surface area contributed by atoms with Gasteiger partial charge in [-0.3, -0.25) is 0 Å². The fourth-order valence-corrected chi connectivity index (χ4v) is 3.24. The van der Waals surface area contributed by atoms with E-state index < -0.39 is 0 Å². The van der Waals surface area contributed by atoms with E-state index in [1.807, 2.05) is 12.1 Å². The maximum Gasteiger partial charge on any atom is 0.174 e. The summed E-state index contributed by atoms with van der Waals surface area (Å²) < 4.78 is 4.91. The lowest BCUT2D eigenvalue weighted by molar-refractivity contribution is 0.585. The van der Waals surface area contributed by atoms with Gasteiger partial charge >= 0.3 is 0 Å². The molecule has 0 atom stereocenters. The van der Waals surface area contributed by atoms with E-state index in [1.54, 1.807) is 18.1 Å². The third kappa shape index (κ3) is 3.68. The Kier molecular flexibility index (Phi) is 5.00. The molecule has 0 aliphatic heterocycles. The summed E-state index contributed by atoms with van der Waals surface area (Å²) >= 11 is 9.22. The Morgan fingerprint density at radius 1 is 1.44 bits per heavy atom. The van der Waals surface area contributed by atoms with Crippen molar-refractivity contribution in [3.63, 3.8) is 0 Å². The van der Waals surface area contributed by atoms with Crippen molar-refractivity contribution in [3.8, 4) is 0 Å². The van der Waals surface area contributed by atoms with Gasteiger partial charge in [0.1, 0.15) is 6.33 Å². The third-order valence-corrected chi connectivity index (χ3v) is 4.61. The first-order valence-electron chi connectivity index (χ1n) is 5.62. The molecule has 0 aliphatic carbocycles. The van der Waals surface area contributed by atoms with E-state index in [0.717, 1.165) is 20.8 Å². The molecule has 1 N–H and O–H groups in total. The number of benzene rings is 1. The highest BCUT2D eigenvalue weighted by Crippen LogP contribution is 2.36. The minimum Gasteiger partial charge on any atom is -0.310 e. The normalized spacial score (nSPS) is 11.1. The Balaban J connectivity index is 2.21. The molecule has 0 bridgehead atoms. The highest BCUT2D eigenvalue weighted by molar-refractivity contribution is 8.01. The molecule has 96 valence electrons. The second kappa shape index (κ2) is 6.52. The topological polar surface area (TPSA) is 37.8 Å². The Labute approximate surface area is 120 Å². The molecule has 1 heterocycles. The molecule has 0 saturated carbocycles. The number of aromatic nitrogens is 2. The molecule has 0 amide bonds. The van der Waals surface area contributed by atoms with Crippen molar-refractivity contribution >= 4 is 34.9 Å². The van der Waals surface area contributed by atoms with Crippen LogP contribution >= 0.6 is 34.9 Å². The van der Waals surface area contributed by atoms with Crippen molar-refractivity contribution in [2.75, 3.05) is 0 Å². The fourth-order valence-electron chi connectivity index (χ4n) is 1.42. The third-order valence-electron chi connectivity index (χ3n) is 2.28. The van der Waals surface area contributed by atoms with Crippen molar-refractivity contribution in [2.45, 2.75) is 35.7 Å². The van der Waals surface area contributed by atoms with Crippen LogP contribution < -0.4 is 5.32 Å². The van der Waals surface area contributed by atoms with Gasteiger partial charge in [0.05, 0.1) is 5.02 Å². The molecule has 1 aromatic carbocycles. The van der Waals surface area contributed by atoms with E-state index in [9.17, 15) is 0 Å². The number of hydrogen-bond acceptors (Lipinski definition) is 5. The number of halogens is 1. The van der Waals surface area contributed by atoms with Crippen LogP contribution in [-0.4, -0.2) is 15.4 Å². The quantitative estimate of drug-likeness (QED) is 0.910. The van der Waals surface area contributed by atoms with Crippen molar-refractivity contribution in [1.29, 1.82) is 0 Å². The summed E-state index contributed by atoms with van der Waals surface area (Å²) in [5, 5.41) is 4.17. The number of hydrogen-bond donors (Lipinski definition) is 1. The van der Waals surface area contributed by atoms with Gasteiger partial charge in [-0.05, 0) is 23.2 Å². The second-order valence-electron chi connectivity index (χ2n) is 4.07. The monoisotopic (exact) mass is 299 g/mol. The molecular weight excluding hydrogens is 286 g/mol. The minimum atomic E-state index is 0.448. The largest absolute Gasteiger partial charge is 0.310 e. The van der Waals surface area contributed by atoms with Gasteiger partial charge in [0.25, 0.3) is 0 Å². The Morgan fingerprint density at radius 2 is 2.28 bits per heavy atom. The first-order valence-corrected chi connectivity index (χ1v) is 7.59. The molecule has 1 aromatic heterocycles. The molecule has 2 rings (SSSR count). The lowest BCUT2D eigenvalue weighted by Gasteiger charge is -2.12. The molecule has 0 aliphatic rings. The van der Waals surface area contributed by atoms with Gasteiger partial charge in [-0.2, -0.15) is 4.37 Å². The molecule has 0 unspecified atom stereocenters. The molecule has 0 radical (unpaired) electrons. The number of nitrogens with zero attached hydrogens (tertiary/aromatic N) is 2. The van der Waals surface area contributed by atoms with Crippen LogP contribution in [0.25, 0.3) is 0 Å². The zero-order valence-electron chi connectivity index (χ0n) is 10.2. The van der Waals surface area contributed by atoms with Gasteiger partial charge in [-0.15, -0.1) is 0 Å². The van der Waals surface area contributed by atoms with Crippen LogP contribution in [0.4, 0.5) is 0 Å². The standard InChI is InChI=1S/C12H14ClN3S2/c1-8(2)14-6-9-4-3-5-10(13)11(9)17-12-15-7-16-18-12/h3-5,7-8,14H,6H2,1-2H3. The van der Waals surface area contributed by atoms with E-state index in [1.165, 1.54) is 17.1 Å². The Hall–Kier alpha value is -0.620. The molecule has 3 nitrogen and oxygen atoms in total. The average molecular weight is 300 g/mol. The zero-order chi connectivity index (χ0) is 13.0. The average Bonchev–Trinajstić information content (AvgIpc) is 2.82. The van der Waals surface area contributed by atoms with Gasteiger partial charge in [-0.1, -0.05) is 49.3 Å². The van der Waals surface area contributed by atoms with E-state index in [0.29, 0.717) is 6.04 Å². The smallest absolute Gasteiger partial charge is 0.174 e. The molecule has 0 saturated heterocycles. The summed E-state index contributed by atoms with van der Waals surface area (Å²) in [6.45, 7) is 5.06. The summed E-state index contributed by atoms with van der Waals surface area (Å²) in [5.41, 5.74) is 1.19. The summed E-state index contributed by atoms with van der Waals surface area (Å²) in [6.07, 6.45) is 1.57. The highest BCUT2D eigenvalue weighted by atomic mass is 35.5. The lowest BCUT2D eigenvalue weighted by atomic mass is 10.2. The summed E-state index contributed by atoms with van der Waals surface area (Å²) in [7, 11) is 0. The van der Waals surface area contributed by atoms with Gasteiger partial charge in [0.2, 0.25) is 0 Å². The minimum absolute atomic E-state index is 0.448. The van der Waals surface area contributed by atoms with E-state index in [-0.39, 0.29) is 0 Å². The van der Waals surface area contributed by atoms with Crippen LogP contribution in [0.3, 0.4) is 0 Å². The second-order valence-corrected chi connectivity index (χ2v) is 6.52. The maximum absolute atomic E-state index is 6.27. The summed E-state index contributed by atoms with van der Waals surface area (Å²) in [6, 6.07) is 6.42. The van der Waals surface area contributed by atoms with Crippen LogP contribution in [0.5, 0.6) is 0 Å². The maximum atomic E-state index is 6.27. The SMILES string of the molecule is CC(C)NCc1cccc(Cl)c1Sc1ncns1. The molecule has 6 heteroatoms. The number of rotatable bonds is 5. The highest BCUT2D eigenvalue weighted by Gasteiger charge is 2.11. The van der Waals surface area contributed by atoms with Crippen LogP contribution in [0.2, 0.25) is 5.02 Å². The predicted molar refractivity (Wildman–Crippen MR) is 77.5 cm³/mol.